The molecule has 4 N–H and O–H groups in total. The molecule has 0 saturated heterocycles. The number of hydrogen-bond donors (Lipinski definition) is 3. The first-order valence-electron chi connectivity index (χ1n) is 5.89. The Morgan fingerprint density at radius 1 is 1.10 bits per heavy atom. The summed E-state index contributed by atoms with van der Waals surface area (Å²) >= 11 is 0. The van der Waals surface area contributed by atoms with Gasteiger partial charge in [-0.3, -0.25) is 4.79 Å². The fourth-order valence-corrected chi connectivity index (χ4v) is 1.70. The molecule has 2 aromatic rings. The van der Waals surface area contributed by atoms with Crippen LogP contribution in [0.15, 0.2) is 36.4 Å². The van der Waals surface area contributed by atoms with Crippen molar-refractivity contribution in [2.45, 2.75) is 0 Å². The van der Waals surface area contributed by atoms with Gasteiger partial charge in [0.25, 0.3) is 5.91 Å². The van der Waals surface area contributed by atoms with Gasteiger partial charge in [0, 0.05) is 11.3 Å². The van der Waals surface area contributed by atoms with E-state index in [9.17, 15) is 9.90 Å². The average molecular weight is 278 g/mol. The summed E-state index contributed by atoms with van der Waals surface area (Å²) in [6.07, 6.45) is 0. The van der Waals surface area contributed by atoms with Gasteiger partial charge in [0.1, 0.15) is 17.9 Å². The smallest absolute Gasteiger partial charge is 0.255 e. The topological polar surface area (TPSA) is 123 Å². The van der Waals surface area contributed by atoms with E-state index in [0.717, 1.165) is 0 Å². The molecule has 0 spiro atoms. The van der Waals surface area contributed by atoms with E-state index in [2.05, 4.69) is 5.32 Å². The Kier molecular flexibility index (Phi) is 3.74. The van der Waals surface area contributed by atoms with Gasteiger partial charge >= 0.3 is 0 Å². The molecule has 102 valence electrons. The number of nitrogens with one attached hydrogen (secondary N) is 1. The lowest BCUT2D eigenvalue weighted by atomic mass is 10.1. The van der Waals surface area contributed by atoms with E-state index in [0.29, 0.717) is 5.69 Å². The maximum absolute atomic E-state index is 12.0. The molecule has 0 fully saturated rings. The predicted molar refractivity (Wildman–Crippen MR) is 76.3 cm³/mol. The maximum atomic E-state index is 12.0. The maximum Gasteiger partial charge on any atom is 0.255 e. The number of nitriles is 2. The normalized spacial score (nSPS) is 9.43. The third kappa shape index (κ3) is 2.91. The Morgan fingerprint density at radius 2 is 1.81 bits per heavy atom. The van der Waals surface area contributed by atoms with Gasteiger partial charge in [-0.15, -0.1) is 0 Å². The second-order valence-electron chi connectivity index (χ2n) is 4.21. The molecule has 6 heteroatoms. The van der Waals surface area contributed by atoms with E-state index >= 15 is 0 Å². The lowest BCUT2D eigenvalue weighted by molar-refractivity contribution is 0.102. The minimum Gasteiger partial charge on any atom is -0.506 e. The first-order chi connectivity index (χ1) is 10.0. The molecule has 0 unspecified atom stereocenters. The molecule has 6 nitrogen and oxygen atoms in total. The van der Waals surface area contributed by atoms with Crippen molar-refractivity contribution in [3.8, 4) is 17.9 Å². The van der Waals surface area contributed by atoms with Crippen molar-refractivity contribution in [1.82, 2.24) is 0 Å². The van der Waals surface area contributed by atoms with Gasteiger partial charge in [-0.1, -0.05) is 0 Å². The summed E-state index contributed by atoms with van der Waals surface area (Å²) in [7, 11) is 0. The third-order valence-electron chi connectivity index (χ3n) is 2.81. The number of nitrogens with two attached hydrogens (primary N) is 1. The highest BCUT2D eigenvalue weighted by molar-refractivity contribution is 6.04. The number of nitrogens with zero attached hydrogens (tertiary/aromatic N) is 2. The minimum absolute atomic E-state index is 0.176. The zero-order valence-electron chi connectivity index (χ0n) is 10.8. The number of phenols is 1. The first-order valence-corrected chi connectivity index (χ1v) is 5.89. The summed E-state index contributed by atoms with van der Waals surface area (Å²) < 4.78 is 0. The van der Waals surface area contributed by atoms with Crippen molar-refractivity contribution in [2.24, 2.45) is 0 Å². The van der Waals surface area contributed by atoms with Crippen molar-refractivity contribution < 1.29 is 9.90 Å². The molecule has 2 aromatic carbocycles. The highest BCUT2D eigenvalue weighted by Crippen LogP contribution is 2.22. The molecule has 1 amide bonds. The Balaban J connectivity index is 2.26. The summed E-state index contributed by atoms with van der Waals surface area (Å²) in [4.78, 5) is 12.0. The van der Waals surface area contributed by atoms with Crippen molar-refractivity contribution in [1.29, 1.82) is 10.5 Å². The van der Waals surface area contributed by atoms with Crippen LogP contribution in [0.2, 0.25) is 0 Å². The predicted octanol–water partition coefficient (Wildman–Crippen LogP) is 1.97. The molecular formula is C15H10N4O2. The number of phenolic OH excluding ortho intramolecular Hbond substituents is 1. The summed E-state index contributed by atoms with van der Waals surface area (Å²) in [5.41, 5.74) is 6.66. The Labute approximate surface area is 120 Å². The number of nitrogen functional groups attached to an aromatic ring is 1. The lowest BCUT2D eigenvalue weighted by Crippen LogP contribution is -2.12. The molecule has 0 atom stereocenters. The van der Waals surface area contributed by atoms with Crippen LogP contribution < -0.4 is 11.1 Å². The van der Waals surface area contributed by atoms with Gasteiger partial charge in [-0.05, 0) is 36.4 Å². The minimum atomic E-state index is -0.459. The molecule has 0 bridgehead atoms. The number of carbonyl (C=O) groups excluding carboxylic acids is 1. The van der Waals surface area contributed by atoms with Crippen LogP contribution >= 0.6 is 0 Å². The van der Waals surface area contributed by atoms with E-state index in [1.165, 1.54) is 36.4 Å². The molecule has 0 heterocycles. The Morgan fingerprint density at radius 3 is 2.43 bits per heavy atom. The molecular weight excluding hydrogens is 268 g/mol. The third-order valence-corrected chi connectivity index (χ3v) is 2.81. The van der Waals surface area contributed by atoms with E-state index in [-0.39, 0.29) is 28.1 Å². The number of rotatable bonds is 2. The quantitative estimate of drug-likeness (QED) is 0.572. The highest BCUT2D eigenvalue weighted by Gasteiger charge is 2.10. The highest BCUT2D eigenvalue weighted by atomic mass is 16.3. The number of anilines is 2. The number of carbonyl (C=O) groups is 1. The monoisotopic (exact) mass is 278 g/mol. The Hall–Kier alpha value is -3.51. The van der Waals surface area contributed by atoms with E-state index in [1.807, 2.05) is 12.1 Å². The number of amides is 1. The number of benzene rings is 2. The lowest BCUT2D eigenvalue weighted by Gasteiger charge is -2.07. The number of hydrogen-bond acceptors (Lipinski definition) is 5. The summed E-state index contributed by atoms with van der Waals surface area (Å²) in [5.74, 6) is -0.640. The average Bonchev–Trinajstić information content (AvgIpc) is 2.49. The van der Waals surface area contributed by atoms with Crippen molar-refractivity contribution in [2.75, 3.05) is 11.1 Å². The second kappa shape index (κ2) is 5.64. The van der Waals surface area contributed by atoms with Crippen LogP contribution in [0.5, 0.6) is 5.75 Å². The largest absolute Gasteiger partial charge is 0.506 e. The van der Waals surface area contributed by atoms with Crippen LogP contribution in [0.3, 0.4) is 0 Å². The second-order valence-corrected chi connectivity index (χ2v) is 4.21. The van der Waals surface area contributed by atoms with E-state index in [1.54, 1.807) is 0 Å². The zero-order chi connectivity index (χ0) is 15.4. The van der Waals surface area contributed by atoms with Crippen molar-refractivity contribution >= 4 is 17.3 Å². The molecule has 2 rings (SSSR count). The van der Waals surface area contributed by atoms with Crippen molar-refractivity contribution in [3.63, 3.8) is 0 Å². The fraction of sp³-hybridized carbons (Fsp3) is 0. The van der Waals surface area contributed by atoms with Gasteiger partial charge < -0.3 is 16.2 Å². The summed E-state index contributed by atoms with van der Waals surface area (Å²) in [5, 5.41) is 29.8. The summed E-state index contributed by atoms with van der Waals surface area (Å²) in [6.45, 7) is 0. The van der Waals surface area contributed by atoms with Crippen LogP contribution in [-0.2, 0) is 0 Å². The van der Waals surface area contributed by atoms with Gasteiger partial charge in [0.05, 0.1) is 16.8 Å². The van der Waals surface area contributed by atoms with Gasteiger partial charge in [-0.2, -0.15) is 10.5 Å². The molecule has 21 heavy (non-hydrogen) atoms. The van der Waals surface area contributed by atoms with Crippen LogP contribution in [-0.4, -0.2) is 11.0 Å². The molecule has 0 aromatic heterocycles. The van der Waals surface area contributed by atoms with Crippen LogP contribution in [0.4, 0.5) is 11.4 Å². The molecule has 0 aliphatic carbocycles. The zero-order valence-corrected chi connectivity index (χ0v) is 10.8. The standard InChI is InChI=1S/C15H10N4O2/c16-7-10-1-3-12(5-11(10)8-17)19-15(21)9-2-4-13(18)14(20)6-9/h1-6,20H,18H2,(H,19,21). The van der Waals surface area contributed by atoms with E-state index in [4.69, 9.17) is 16.3 Å². The van der Waals surface area contributed by atoms with E-state index < -0.39 is 5.91 Å². The SMILES string of the molecule is N#Cc1ccc(NC(=O)c2ccc(N)c(O)c2)cc1C#N. The van der Waals surface area contributed by atoms with Crippen LogP contribution in [0.1, 0.15) is 21.5 Å². The van der Waals surface area contributed by atoms with Gasteiger partial charge in [0.15, 0.2) is 0 Å². The van der Waals surface area contributed by atoms with Gasteiger partial charge in [0.2, 0.25) is 0 Å². The molecule has 0 radical (unpaired) electrons. The molecule has 0 aliphatic heterocycles. The Bertz CT molecular complexity index is 800. The summed E-state index contributed by atoms with van der Waals surface area (Å²) in [6, 6.07) is 12.3. The first kappa shape index (κ1) is 13.9. The van der Waals surface area contributed by atoms with Crippen molar-refractivity contribution in [3.05, 3.63) is 53.1 Å². The number of aromatic hydroxyl groups is 1. The van der Waals surface area contributed by atoms with Crippen LogP contribution in [0.25, 0.3) is 0 Å². The molecule has 0 aliphatic rings. The fourth-order valence-electron chi connectivity index (χ4n) is 1.70. The van der Waals surface area contributed by atoms with Gasteiger partial charge in [-0.25, -0.2) is 0 Å². The van der Waals surface area contributed by atoms with Crippen LogP contribution in [0, 0.1) is 22.7 Å². The molecule has 0 saturated carbocycles.